The molecule has 90 valence electrons. The van der Waals surface area contributed by atoms with E-state index in [9.17, 15) is 4.79 Å². The molecule has 2 nitrogen and oxygen atoms in total. The predicted octanol–water partition coefficient (Wildman–Crippen LogP) is 3.99. The third kappa shape index (κ3) is 3.22. The molecule has 1 amide bonds. The normalized spacial score (nSPS) is 11.6. The topological polar surface area (TPSA) is 29.1 Å². The van der Waals surface area contributed by atoms with Gasteiger partial charge in [-0.3, -0.25) is 4.79 Å². The molecule has 1 aromatic heterocycles. The van der Waals surface area contributed by atoms with E-state index in [1.54, 1.807) is 0 Å². The van der Waals surface area contributed by atoms with Crippen LogP contribution in [0.2, 0.25) is 5.02 Å². The summed E-state index contributed by atoms with van der Waals surface area (Å²) < 4.78 is 0. The van der Waals surface area contributed by atoms with Gasteiger partial charge in [0.25, 0.3) is 5.91 Å². The lowest BCUT2D eigenvalue weighted by atomic mass is 10.1. The molecule has 0 saturated heterocycles. The molecule has 0 fully saturated rings. The van der Waals surface area contributed by atoms with Crippen LogP contribution in [-0.4, -0.2) is 22.1 Å². The van der Waals surface area contributed by atoms with Gasteiger partial charge in [0, 0.05) is 10.7 Å². The zero-order valence-corrected chi connectivity index (χ0v) is 13.7. The minimum absolute atomic E-state index is 0.121. The Morgan fingerprint density at radius 2 is 2.12 bits per heavy atom. The molecule has 0 saturated carbocycles. The van der Waals surface area contributed by atoms with Crippen LogP contribution in [0.15, 0.2) is 5.38 Å². The van der Waals surface area contributed by atoms with Crippen LogP contribution in [0, 0.1) is 6.92 Å². The SMILES string of the molecule is Cc1csc(C(=O)NC(C)(CBr)CBr)c1Cl. The van der Waals surface area contributed by atoms with E-state index in [0.717, 1.165) is 5.56 Å². The number of alkyl halides is 2. The van der Waals surface area contributed by atoms with Gasteiger partial charge < -0.3 is 5.32 Å². The van der Waals surface area contributed by atoms with E-state index in [2.05, 4.69) is 37.2 Å². The van der Waals surface area contributed by atoms with Crippen molar-refractivity contribution in [2.24, 2.45) is 0 Å². The highest BCUT2D eigenvalue weighted by Gasteiger charge is 2.26. The van der Waals surface area contributed by atoms with E-state index < -0.39 is 0 Å². The molecule has 0 aliphatic heterocycles. The fourth-order valence-electron chi connectivity index (χ4n) is 1.02. The predicted molar refractivity (Wildman–Crippen MR) is 77.5 cm³/mol. The lowest BCUT2D eigenvalue weighted by Crippen LogP contribution is -2.48. The lowest BCUT2D eigenvalue weighted by molar-refractivity contribution is 0.0927. The second-order valence-corrected chi connectivity index (χ2v) is 6.22. The first-order valence-electron chi connectivity index (χ1n) is 4.61. The van der Waals surface area contributed by atoms with Gasteiger partial charge in [-0.05, 0) is 24.8 Å². The van der Waals surface area contributed by atoms with Gasteiger partial charge in [-0.2, -0.15) is 0 Å². The number of thiophene rings is 1. The van der Waals surface area contributed by atoms with E-state index in [-0.39, 0.29) is 11.4 Å². The monoisotopic (exact) mass is 387 g/mol. The molecule has 0 unspecified atom stereocenters. The quantitative estimate of drug-likeness (QED) is 0.775. The number of rotatable bonds is 4. The summed E-state index contributed by atoms with van der Waals surface area (Å²) in [5.74, 6) is -0.121. The molecule has 16 heavy (non-hydrogen) atoms. The summed E-state index contributed by atoms with van der Waals surface area (Å²) in [7, 11) is 0. The van der Waals surface area contributed by atoms with E-state index in [1.165, 1.54) is 11.3 Å². The molecule has 0 aliphatic carbocycles. The highest BCUT2D eigenvalue weighted by molar-refractivity contribution is 9.09. The fraction of sp³-hybridized carbons (Fsp3) is 0.500. The van der Waals surface area contributed by atoms with Gasteiger partial charge in [0.05, 0.1) is 10.6 Å². The first-order chi connectivity index (χ1) is 7.43. The van der Waals surface area contributed by atoms with Gasteiger partial charge in [0.15, 0.2) is 0 Å². The van der Waals surface area contributed by atoms with Gasteiger partial charge in [-0.1, -0.05) is 43.5 Å². The number of hydrogen-bond acceptors (Lipinski definition) is 2. The van der Waals surface area contributed by atoms with Crippen LogP contribution >= 0.6 is 54.8 Å². The Kier molecular flexibility index (Phi) is 5.29. The maximum absolute atomic E-state index is 12.0. The Morgan fingerprint density at radius 3 is 2.50 bits per heavy atom. The molecule has 1 N–H and O–H groups in total. The number of hydrogen-bond donors (Lipinski definition) is 1. The van der Waals surface area contributed by atoms with Crippen molar-refractivity contribution in [3.8, 4) is 0 Å². The zero-order chi connectivity index (χ0) is 12.3. The van der Waals surface area contributed by atoms with Crippen LogP contribution in [0.4, 0.5) is 0 Å². The maximum Gasteiger partial charge on any atom is 0.263 e. The smallest absolute Gasteiger partial charge is 0.263 e. The second-order valence-electron chi connectivity index (χ2n) is 3.84. The third-order valence-electron chi connectivity index (χ3n) is 2.11. The molecular weight excluding hydrogens is 377 g/mol. The first kappa shape index (κ1) is 14.5. The van der Waals surface area contributed by atoms with Crippen molar-refractivity contribution in [2.75, 3.05) is 10.7 Å². The zero-order valence-electron chi connectivity index (χ0n) is 8.94. The third-order valence-corrected chi connectivity index (χ3v) is 6.28. The molecule has 0 radical (unpaired) electrons. The van der Waals surface area contributed by atoms with E-state index in [0.29, 0.717) is 20.6 Å². The summed E-state index contributed by atoms with van der Waals surface area (Å²) in [6.45, 7) is 3.85. The van der Waals surface area contributed by atoms with E-state index in [4.69, 9.17) is 11.6 Å². The van der Waals surface area contributed by atoms with Gasteiger partial charge in [-0.15, -0.1) is 11.3 Å². The van der Waals surface area contributed by atoms with Crippen molar-refractivity contribution >= 4 is 60.7 Å². The van der Waals surface area contributed by atoms with Crippen LogP contribution in [0.1, 0.15) is 22.2 Å². The fourth-order valence-corrected chi connectivity index (χ4v) is 3.40. The molecule has 0 aliphatic rings. The molecule has 0 spiro atoms. The minimum Gasteiger partial charge on any atom is -0.344 e. The summed E-state index contributed by atoms with van der Waals surface area (Å²) in [5.41, 5.74) is 0.634. The Labute approximate surface area is 121 Å². The van der Waals surface area contributed by atoms with Crippen molar-refractivity contribution in [3.05, 3.63) is 20.8 Å². The largest absolute Gasteiger partial charge is 0.344 e. The molecule has 0 aromatic carbocycles. The number of amides is 1. The summed E-state index contributed by atoms with van der Waals surface area (Å²) in [6.07, 6.45) is 0. The van der Waals surface area contributed by atoms with Crippen molar-refractivity contribution in [3.63, 3.8) is 0 Å². The number of carbonyl (C=O) groups is 1. The number of aryl methyl sites for hydroxylation is 1. The molecule has 1 rings (SSSR count). The summed E-state index contributed by atoms with van der Waals surface area (Å²) >= 11 is 14.2. The van der Waals surface area contributed by atoms with Crippen molar-refractivity contribution < 1.29 is 4.79 Å². The Hall–Kier alpha value is 0.420. The molecule has 0 bridgehead atoms. The maximum atomic E-state index is 12.0. The molecule has 1 aromatic rings. The summed E-state index contributed by atoms with van der Waals surface area (Å²) in [4.78, 5) is 12.6. The summed E-state index contributed by atoms with van der Waals surface area (Å²) in [5, 5.41) is 6.75. The molecule has 6 heteroatoms. The van der Waals surface area contributed by atoms with E-state index in [1.807, 2.05) is 19.2 Å². The van der Waals surface area contributed by atoms with Gasteiger partial charge in [0.2, 0.25) is 0 Å². The van der Waals surface area contributed by atoms with Crippen molar-refractivity contribution in [1.29, 1.82) is 0 Å². The molecule has 0 atom stereocenters. The van der Waals surface area contributed by atoms with Crippen LogP contribution in [0.25, 0.3) is 0 Å². The van der Waals surface area contributed by atoms with Crippen LogP contribution in [0.3, 0.4) is 0 Å². The van der Waals surface area contributed by atoms with Crippen molar-refractivity contribution in [1.82, 2.24) is 5.32 Å². The van der Waals surface area contributed by atoms with Crippen molar-refractivity contribution in [2.45, 2.75) is 19.4 Å². The molecular formula is C10H12Br2ClNOS. The number of nitrogens with one attached hydrogen (secondary N) is 1. The van der Waals surface area contributed by atoms with Gasteiger partial charge in [0.1, 0.15) is 4.88 Å². The first-order valence-corrected chi connectivity index (χ1v) is 8.11. The minimum atomic E-state index is -0.307. The molecule has 1 heterocycles. The van der Waals surface area contributed by atoms with Crippen LogP contribution < -0.4 is 5.32 Å². The second kappa shape index (κ2) is 5.85. The highest BCUT2D eigenvalue weighted by Crippen LogP contribution is 2.27. The van der Waals surface area contributed by atoms with Gasteiger partial charge in [-0.25, -0.2) is 0 Å². The Bertz CT molecular complexity index is 390. The Morgan fingerprint density at radius 1 is 1.56 bits per heavy atom. The summed E-state index contributed by atoms with van der Waals surface area (Å²) in [6, 6.07) is 0. The average molecular weight is 390 g/mol. The van der Waals surface area contributed by atoms with Crippen LogP contribution in [-0.2, 0) is 0 Å². The van der Waals surface area contributed by atoms with Gasteiger partial charge >= 0.3 is 0 Å². The highest BCUT2D eigenvalue weighted by atomic mass is 79.9. The standard InChI is InChI=1S/C10H12Br2ClNOS/c1-6-3-16-8(7(6)13)9(15)14-10(2,4-11)5-12/h3H,4-5H2,1-2H3,(H,14,15). The number of carbonyl (C=O) groups excluding carboxylic acids is 1. The lowest BCUT2D eigenvalue weighted by Gasteiger charge is -2.26. The Balaban J connectivity index is 2.84. The number of halogens is 3. The van der Waals surface area contributed by atoms with Crippen LogP contribution in [0.5, 0.6) is 0 Å². The average Bonchev–Trinajstić information content (AvgIpc) is 2.59. The van der Waals surface area contributed by atoms with E-state index >= 15 is 0 Å².